The van der Waals surface area contributed by atoms with Crippen molar-refractivity contribution in [1.29, 1.82) is 0 Å². The van der Waals surface area contributed by atoms with Crippen molar-refractivity contribution in [3.8, 4) is 0 Å². The van der Waals surface area contributed by atoms with Gasteiger partial charge in [-0.05, 0) is 25.3 Å². The van der Waals surface area contributed by atoms with Crippen LogP contribution in [0.15, 0.2) is 49.6 Å². The zero-order valence-corrected chi connectivity index (χ0v) is 19.8. The van der Waals surface area contributed by atoms with Crippen molar-refractivity contribution in [2.24, 2.45) is 0 Å². The molecule has 180 valence electrons. The van der Waals surface area contributed by atoms with Gasteiger partial charge in [0.15, 0.2) is 5.69 Å². The van der Waals surface area contributed by atoms with Crippen molar-refractivity contribution in [3.05, 3.63) is 62.6 Å². The predicted octanol–water partition coefficient (Wildman–Crippen LogP) is 2.74. The minimum Gasteiger partial charge on any atom is -0.416 e. The SMILES string of the molecule is CCN(C(=O)CSc1nnc(C2CCCCC2)o1)c1c(N)n(Cc2ccccc2)c(=O)[nH]c1=O. The average molecular weight is 485 g/mol. The molecule has 0 aliphatic heterocycles. The molecule has 11 heteroatoms. The summed E-state index contributed by atoms with van der Waals surface area (Å²) in [5.41, 5.74) is 5.70. The van der Waals surface area contributed by atoms with Crippen LogP contribution < -0.4 is 21.9 Å². The quantitative estimate of drug-likeness (QED) is 0.465. The molecular formula is C23H28N6O4S. The number of hydrogen-bond acceptors (Lipinski definition) is 8. The van der Waals surface area contributed by atoms with Crippen LogP contribution in [0.5, 0.6) is 0 Å². The summed E-state index contributed by atoms with van der Waals surface area (Å²) >= 11 is 1.12. The van der Waals surface area contributed by atoms with Crippen LogP contribution in [0.4, 0.5) is 11.5 Å². The van der Waals surface area contributed by atoms with E-state index in [1.165, 1.54) is 15.9 Å². The second kappa shape index (κ2) is 10.7. The molecule has 0 unspecified atom stereocenters. The van der Waals surface area contributed by atoms with Gasteiger partial charge in [-0.1, -0.05) is 61.4 Å². The normalized spacial score (nSPS) is 14.3. The van der Waals surface area contributed by atoms with Gasteiger partial charge in [0.05, 0.1) is 12.3 Å². The minimum atomic E-state index is -0.704. The third-order valence-corrected chi connectivity index (χ3v) is 6.78. The van der Waals surface area contributed by atoms with Gasteiger partial charge < -0.3 is 15.1 Å². The summed E-state index contributed by atoms with van der Waals surface area (Å²) < 4.78 is 7.03. The lowest BCUT2D eigenvalue weighted by atomic mass is 9.89. The lowest BCUT2D eigenvalue weighted by Gasteiger charge is -2.23. The molecule has 0 radical (unpaired) electrons. The Morgan fingerprint density at radius 1 is 1.21 bits per heavy atom. The van der Waals surface area contributed by atoms with E-state index in [1.807, 2.05) is 30.3 Å². The Hall–Kier alpha value is -3.34. The largest absolute Gasteiger partial charge is 0.416 e. The van der Waals surface area contributed by atoms with E-state index in [-0.39, 0.29) is 42.2 Å². The third kappa shape index (κ3) is 5.24. The van der Waals surface area contributed by atoms with Gasteiger partial charge in [-0.15, -0.1) is 10.2 Å². The number of nitrogens with two attached hydrogens (primary N) is 1. The molecule has 0 saturated heterocycles. The lowest BCUT2D eigenvalue weighted by Crippen LogP contribution is -2.41. The molecule has 2 aromatic heterocycles. The van der Waals surface area contributed by atoms with Crippen LogP contribution >= 0.6 is 11.8 Å². The molecule has 1 fully saturated rings. The van der Waals surface area contributed by atoms with Crippen LogP contribution in [0.1, 0.15) is 56.4 Å². The predicted molar refractivity (Wildman–Crippen MR) is 130 cm³/mol. The Balaban J connectivity index is 1.50. The smallest absolute Gasteiger partial charge is 0.330 e. The highest BCUT2D eigenvalue weighted by molar-refractivity contribution is 7.99. The Morgan fingerprint density at radius 2 is 1.94 bits per heavy atom. The van der Waals surface area contributed by atoms with E-state index in [2.05, 4.69) is 15.2 Å². The van der Waals surface area contributed by atoms with Crippen LogP contribution in [0.25, 0.3) is 0 Å². The molecule has 0 bridgehead atoms. The van der Waals surface area contributed by atoms with Crippen LogP contribution in [-0.4, -0.2) is 38.0 Å². The highest BCUT2D eigenvalue weighted by Crippen LogP contribution is 2.33. The Labute approximate surface area is 200 Å². The van der Waals surface area contributed by atoms with E-state index < -0.39 is 11.2 Å². The average Bonchev–Trinajstić information content (AvgIpc) is 3.33. The molecule has 1 aromatic carbocycles. The highest BCUT2D eigenvalue weighted by Gasteiger charge is 2.25. The van der Waals surface area contributed by atoms with Crippen LogP contribution in [0.3, 0.4) is 0 Å². The number of nitrogens with one attached hydrogen (secondary N) is 1. The first-order valence-electron chi connectivity index (χ1n) is 11.4. The summed E-state index contributed by atoms with van der Waals surface area (Å²) in [6, 6.07) is 9.26. The third-order valence-electron chi connectivity index (χ3n) is 5.98. The van der Waals surface area contributed by atoms with E-state index in [9.17, 15) is 14.4 Å². The van der Waals surface area contributed by atoms with Gasteiger partial charge in [0.2, 0.25) is 11.8 Å². The van der Waals surface area contributed by atoms with Gasteiger partial charge in [-0.25, -0.2) is 4.79 Å². The fourth-order valence-corrected chi connectivity index (χ4v) is 4.86. The molecule has 10 nitrogen and oxygen atoms in total. The maximum atomic E-state index is 13.0. The molecule has 1 saturated carbocycles. The first-order valence-corrected chi connectivity index (χ1v) is 12.4. The minimum absolute atomic E-state index is 0.0170. The number of aromatic nitrogens is 4. The number of thioether (sulfide) groups is 1. The maximum absolute atomic E-state index is 13.0. The number of hydrogen-bond donors (Lipinski definition) is 2. The summed E-state index contributed by atoms with van der Waals surface area (Å²) in [6.07, 6.45) is 5.61. The molecule has 3 aromatic rings. The number of nitrogens with zero attached hydrogens (tertiary/aromatic N) is 4. The van der Waals surface area contributed by atoms with Crippen molar-refractivity contribution in [2.45, 2.75) is 56.7 Å². The number of carbonyl (C=O) groups excluding carboxylic acids is 1. The van der Waals surface area contributed by atoms with Gasteiger partial charge >= 0.3 is 5.69 Å². The summed E-state index contributed by atoms with van der Waals surface area (Å²) in [7, 11) is 0. The summed E-state index contributed by atoms with van der Waals surface area (Å²) in [6.45, 7) is 2.11. The van der Waals surface area contributed by atoms with Gasteiger partial charge in [0, 0.05) is 12.5 Å². The molecule has 1 aliphatic rings. The van der Waals surface area contributed by atoms with E-state index in [1.54, 1.807) is 6.92 Å². The topological polar surface area (TPSA) is 140 Å². The highest BCUT2D eigenvalue weighted by atomic mass is 32.2. The maximum Gasteiger partial charge on any atom is 0.330 e. The first kappa shape index (κ1) is 23.8. The van der Waals surface area contributed by atoms with Crippen LogP contribution in [0.2, 0.25) is 0 Å². The fourth-order valence-electron chi connectivity index (χ4n) is 4.21. The van der Waals surface area contributed by atoms with Crippen molar-refractivity contribution < 1.29 is 9.21 Å². The molecular weight excluding hydrogens is 456 g/mol. The van der Waals surface area contributed by atoms with Gasteiger partial charge in [-0.2, -0.15) is 0 Å². The standard InChI is InChI=1S/C23H28N6O4S/c1-2-28(17(30)14-34-23-27-26-21(33-23)16-11-7-4-8-12-16)18-19(24)29(22(32)25-20(18)31)13-15-9-5-3-6-10-15/h3,5-6,9-10,16H,2,4,7-8,11-14,24H2,1H3,(H,25,31,32). The summed E-state index contributed by atoms with van der Waals surface area (Å²) in [5, 5.41) is 8.54. The molecule has 34 heavy (non-hydrogen) atoms. The number of amides is 1. The number of H-pyrrole nitrogens is 1. The zero-order valence-electron chi connectivity index (χ0n) is 19.0. The second-order valence-electron chi connectivity index (χ2n) is 8.23. The summed E-state index contributed by atoms with van der Waals surface area (Å²) in [5.74, 6) is 0.469. The molecule has 0 spiro atoms. The van der Waals surface area contributed by atoms with Crippen molar-refractivity contribution in [3.63, 3.8) is 0 Å². The van der Waals surface area contributed by atoms with Gasteiger partial charge in [0.25, 0.3) is 10.8 Å². The van der Waals surface area contributed by atoms with E-state index in [4.69, 9.17) is 10.2 Å². The van der Waals surface area contributed by atoms with Crippen molar-refractivity contribution >= 4 is 29.2 Å². The molecule has 4 rings (SSSR count). The first-order chi connectivity index (χ1) is 16.5. The van der Waals surface area contributed by atoms with Gasteiger partial charge in [-0.3, -0.25) is 19.1 Å². The van der Waals surface area contributed by atoms with Crippen molar-refractivity contribution in [2.75, 3.05) is 22.9 Å². The lowest BCUT2D eigenvalue weighted by molar-refractivity contribution is -0.116. The Morgan fingerprint density at radius 3 is 2.65 bits per heavy atom. The number of aromatic amines is 1. The van der Waals surface area contributed by atoms with Gasteiger partial charge in [0.1, 0.15) is 5.82 Å². The second-order valence-corrected chi connectivity index (χ2v) is 9.16. The van der Waals surface area contributed by atoms with Crippen LogP contribution in [-0.2, 0) is 11.3 Å². The van der Waals surface area contributed by atoms with E-state index in [0.717, 1.165) is 43.0 Å². The molecule has 3 N–H and O–H groups in total. The Bertz CT molecular complexity index is 1250. The van der Waals surface area contributed by atoms with Crippen molar-refractivity contribution in [1.82, 2.24) is 19.7 Å². The zero-order chi connectivity index (χ0) is 24.1. The van der Waals surface area contributed by atoms with E-state index in [0.29, 0.717) is 11.1 Å². The fraction of sp³-hybridized carbons (Fsp3) is 0.435. The van der Waals surface area contributed by atoms with E-state index >= 15 is 0 Å². The number of nitrogen functional groups attached to an aromatic ring is 1. The molecule has 1 aliphatic carbocycles. The number of anilines is 2. The summed E-state index contributed by atoms with van der Waals surface area (Å²) in [4.78, 5) is 41.7. The molecule has 0 atom stereocenters. The number of benzene rings is 1. The monoisotopic (exact) mass is 484 g/mol. The number of carbonyl (C=O) groups is 1. The Kier molecular flexibility index (Phi) is 7.51. The molecule has 1 amide bonds. The number of rotatable bonds is 8. The van der Waals surface area contributed by atoms with Crippen LogP contribution in [0, 0.1) is 0 Å². The molecule has 2 heterocycles.